The number of nitrogens with zero attached hydrogens (tertiary/aromatic N) is 1. The van der Waals surface area contributed by atoms with Crippen molar-refractivity contribution in [2.75, 3.05) is 5.75 Å². The number of hydrogen-bond donors (Lipinski definition) is 0. The number of carboxylic acid groups (broad SMARTS) is 1. The molecule has 1 unspecified atom stereocenters. The standard InChI is InChI=1S/C28H20F3NO3S.Na/c29-19-4-7-21-18(12-19)15-35-26-8-2-16(11-22(26)28(21)36-10-9-27(33)34)1-5-20-6-3-17-13-23(30)24(31)14-25(17)32-20;/h1-8,11-14,28H,9-10,15H2,(H,33,34);/q;+1/p-1. The van der Waals surface area contributed by atoms with Gasteiger partial charge in [-0.3, -0.25) is 0 Å². The van der Waals surface area contributed by atoms with Gasteiger partial charge in [0, 0.05) is 23.0 Å². The Balaban J connectivity index is 0.00000320. The fraction of sp³-hybridized carbons (Fsp3) is 0.143. The van der Waals surface area contributed by atoms with Gasteiger partial charge < -0.3 is 14.6 Å². The van der Waals surface area contributed by atoms with Crippen LogP contribution in [0.3, 0.4) is 0 Å². The van der Waals surface area contributed by atoms with Gasteiger partial charge in [-0.25, -0.2) is 18.2 Å². The van der Waals surface area contributed by atoms with Crippen LogP contribution in [0.2, 0.25) is 0 Å². The number of thioether (sulfide) groups is 1. The third kappa shape index (κ3) is 6.21. The first-order valence-corrected chi connectivity index (χ1v) is 12.2. The molecule has 2 heterocycles. The van der Waals surface area contributed by atoms with Crippen molar-refractivity contribution in [1.29, 1.82) is 0 Å². The van der Waals surface area contributed by atoms with Gasteiger partial charge >= 0.3 is 29.6 Å². The van der Waals surface area contributed by atoms with Crippen molar-refractivity contribution < 1.29 is 57.4 Å². The molecule has 37 heavy (non-hydrogen) atoms. The average Bonchev–Trinajstić information content (AvgIpc) is 2.99. The topological polar surface area (TPSA) is 62.2 Å². The molecule has 0 fully saturated rings. The molecular weight excluding hydrogens is 510 g/mol. The molecular formula is C28H19F3NNaO3S. The minimum Gasteiger partial charge on any atom is -0.550 e. The van der Waals surface area contributed by atoms with E-state index >= 15 is 0 Å². The Morgan fingerprint density at radius 2 is 1.81 bits per heavy atom. The van der Waals surface area contributed by atoms with E-state index in [0.29, 0.717) is 33.7 Å². The molecule has 9 heteroatoms. The van der Waals surface area contributed by atoms with Gasteiger partial charge in [-0.2, -0.15) is 0 Å². The minimum absolute atomic E-state index is 0. The van der Waals surface area contributed by atoms with E-state index in [9.17, 15) is 23.1 Å². The van der Waals surface area contributed by atoms with Gasteiger partial charge in [0.15, 0.2) is 11.6 Å². The van der Waals surface area contributed by atoms with Crippen LogP contribution in [0.15, 0.2) is 60.7 Å². The van der Waals surface area contributed by atoms with Crippen LogP contribution in [-0.4, -0.2) is 16.7 Å². The quantitative estimate of drug-likeness (QED) is 0.360. The molecule has 0 saturated heterocycles. The van der Waals surface area contributed by atoms with Crippen LogP contribution in [-0.2, 0) is 11.4 Å². The Morgan fingerprint density at radius 1 is 1.00 bits per heavy atom. The van der Waals surface area contributed by atoms with Crippen molar-refractivity contribution in [3.63, 3.8) is 0 Å². The fourth-order valence-electron chi connectivity index (χ4n) is 4.13. The number of halogens is 3. The summed E-state index contributed by atoms with van der Waals surface area (Å²) in [7, 11) is 0. The Bertz CT molecular complexity index is 1510. The first-order valence-electron chi connectivity index (χ1n) is 11.2. The van der Waals surface area contributed by atoms with Crippen LogP contribution in [0.5, 0.6) is 5.75 Å². The van der Waals surface area contributed by atoms with Crippen molar-refractivity contribution in [1.82, 2.24) is 4.98 Å². The maximum Gasteiger partial charge on any atom is 1.00 e. The Morgan fingerprint density at radius 3 is 2.62 bits per heavy atom. The van der Waals surface area contributed by atoms with E-state index in [0.717, 1.165) is 28.8 Å². The molecule has 5 rings (SSSR count). The normalized spacial score (nSPS) is 14.4. The number of benzene rings is 3. The molecule has 3 aromatic carbocycles. The summed E-state index contributed by atoms with van der Waals surface area (Å²) >= 11 is 1.43. The SMILES string of the molecule is O=C([O-])CCSC1c2ccc(F)cc2COc2ccc(C=Cc3ccc4cc(F)c(F)cc4n3)cc21.[Na+]. The summed E-state index contributed by atoms with van der Waals surface area (Å²) in [4.78, 5) is 15.4. The largest absolute Gasteiger partial charge is 1.00 e. The summed E-state index contributed by atoms with van der Waals surface area (Å²) in [5.41, 5.74) is 4.17. The molecule has 182 valence electrons. The van der Waals surface area contributed by atoms with Crippen molar-refractivity contribution in [3.8, 4) is 5.75 Å². The number of ether oxygens (including phenoxy) is 1. The van der Waals surface area contributed by atoms with E-state index in [4.69, 9.17) is 4.74 Å². The van der Waals surface area contributed by atoms with Crippen molar-refractivity contribution >= 4 is 40.8 Å². The smallest absolute Gasteiger partial charge is 0.550 e. The van der Waals surface area contributed by atoms with Gasteiger partial charge in [0.05, 0.1) is 16.5 Å². The van der Waals surface area contributed by atoms with E-state index in [1.165, 1.54) is 23.9 Å². The molecule has 0 radical (unpaired) electrons. The first-order chi connectivity index (χ1) is 17.4. The average molecular weight is 530 g/mol. The summed E-state index contributed by atoms with van der Waals surface area (Å²) in [6, 6.07) is 15.7. The zero-order valence-electron chi connectivity index (χ0n) is 19.8. The molecule has 0 spiro atoms. The molecule has 1 aliphatic rings. The number of carbonyl (C=O) groups excluding carboxylic acids is 1. The number of carbonyl (C=O) groups is 1. The van der Waals surface area contributed by atoms with Crippen molar-refractivity contribution in [2.24, 2.45) is 0 Å². The molecule has 1 aromatic heterocycles. The number of rotatable bonds is 6. The van der Waals surface area contributed by atoms with Crippen molar-refractivity contribution in [3.05, 3.63) is 106 Å². The first kappa shape index (κ1) is 27.3. The van der Waals surface area contributed by atoms with Crippen LogP contribution in [0.4, 0.5) is 13.2 Å². The third-order valence-corrected chi connectivity index (χ3v) is 7.16. The number of aromatic nitrogens is 1. The molecule has 0 amide bonds. The van der Waals surface area contributed by atoms with Gasteiger partial charge in [0.2, 0.25) is 0 Å². The van der Waals surface area contributed by atoms with Crippen LogP contribution in [0.25, 0.3) is 23.1 Å². The van der Waals surface area contributed by atoms with E-state index in [2.05, 4.69) is 4.98 Å². The molecule has 4 aromatic rings. The predicted molar refractivity (Wildman–Crippen MR) is 132 cm³/mol. The van der Waals surface area contributed by atoms with Crippen molar-refractivity contribution in [2.45, 2.75) is 18.3 Å². The Labute approximate surface area is 237 Å². The predicted octanol–water partition coefficient (Wildman–Crippen LogP) is 2.68. The summed E-state index contributed by atoms with van der Waals surface area (Å²) in [5, 5.41) is 11.2. The van der Waals surface area contributed by atoms with E-state index in [-0.39, 0.29) is 53.7 Å². The maximum atomic E-state index is 13.9. The van der Waals surface area contributed by atoms with E-state index in [1.54, 1.807) is 24.3 Å². The number of aliphatic carboxylic acids is 1. The van der Waals surface area contributed by atoms with Crippen LogP contribution >= 0.6 is 11.8 Å². The molecule has 1 aliphatic heterocycles. The number of fused-ring (bicyclic) bond motifs is 3. The third-order valence-electron chi connectivity index (χ3n) is 5.88. The minimum atomic E-state index is -1.13. The molecule has 0 N–H and O–H groups in total. The van der Waals surface area contributed by atoms with Gasteiger partial charge in [-0.1, -0.05) is 24.3 Å². The zero-order chi connectivity index (χ0) is 25.2. The molecule has 0 aliphatic carbocycles. The maximum absolute atomic E-state index is 13.9. The van der Waals surface area contributed by atoms with Gasteiger partial charge in [-0.15, -0.1) is 11.8 Å². The number of pyridine rings is 1. The fourth-order valence-corrected chi connectivity index (χ4v) is 5.43. The van der Waals surface area contributed by atoms with Gasteiger partial charge in [-0.05, 0) is 71.3 Å². The molecule has 4 nitrogen and oxygen atoms in total. The number of hydrogen-bond acceptors (Lipinski definition) is 5. The van der Waals surface area contributed by atoms with Gasteiger partial charge in [0.25, 0.3) is 0 Å². The second-order valence-corrected chi connectivity index (χ2v) is 9.54. The molecule has 0 saturated carbocycles. The summed E-state index contributed by atoms with van der Waals surface area (Å²) in [6.45, 7) is 0.199. The zero-order valence-corrected chi connectivity index (χ0v) is 22.7. The Kier molecular flexibility index (Phi) is 8.64. The van der Waals surface area contributed by atoms with E-state index in [1.807, 2.05) is 24.3 Å². The molecule has 0 bridgehead atoms. The second kappa shape index (κ2) is 11.7. The van der Waals surface area contributed by atoms with Crippen LogP contribution in [0.1, 0.15) is 39.6 Å². The number of carboxylic acids is 1. The van der Waals surface area contributed by atoms with Gasteiger partial charge in [0.1, 0.15) is 18.2 Å². The van der Waals surface area contributed by atoms with Crippen LogP contribution < -0.4 is 39.4 Å². The molecule has 1 atom stereocenters. The summed E-state index contributed by atoms with van der Waals surface area (Å²) < 4.78 is 47.0. The second-order valence-electron chi connectivity index (χ2n) is 8.33. The summed E-state index contributed by atoms with van der Waals surface area (Å²) in [5.74, 6) is -2.41. The van der Waals surface area contributed by atoms with Crippen LogP contribution in [0, 0.1) is 17.5 Å². The summed E-state index contributed by atoms with van der Waals surface area (Å²) in [6.07, 6.45) is 3.50. The monoisotopic (exact) mass is 529 g/mol. The Hall–Kier alpha value is -2.78. The van der Waals surface area contributed by atoms with E-state index < -0.39 is 17.6 Å².